The predicted molar refractivity (Wildman–Crippen MR) is 66.8 cm³/mol. The van der Waals surface area contributed by atoms with E-state index in [1.165, 1.54) is 12.1 Å². The molecule has 0 bridgehead atoms. The van der Waals surface area contributed by atoms with Crippen LogP contribution in [-0.4, -0.2) is 0 Å². The average Bonchev–Trinajstić information content (AvgIpc) is 2.26. The zero-order chi connectivity index (χ0) is 14.0. The molecule has 0 saturated carbocycles. The van der Waals surface area contributed by atoms with Crippen molar-refractivity contribution in [2.24, 2.45) is 0 Å². The maximum absolute atomic E-state index is 12.6. The lowest BCUT2D eigenvalue weighted by Crippen LogP contribution is -2.06. The van der Waals surface area contributed by atoms with Gasteiger partial charge in [-0.05, 0) is 24.3 Å². The quantitative estimate of drug-likeness (QED) is 0.817. The number of ether oxygens (including phenoxy) is 1. The van der Waals surface area contributed by atoms with Crippen LogP contribution < -0.4 is 16.2 Å². The molecule has 0 fully saturated rings. The zero-order valence-electron chi connectivity index (χ0n) is 9.74. The van der Waals surface area contributed by atoms with E-state index in [0.717, 1.165) is 12.1 Å². The van der Waals surface area contributed by atoms with Gasteiger partial charge in [-0.2, -0.15) is 13.2 Å². The van der Waals surface area contributed by atoms with E-state index in [0.29, 0.717) is 11.4 Å². The van der Waals surface area contributed by atoms with E-state index in [1.807, 2.05) is 0 Å². The average molecular weight is 268 g/mol. The maximum atomic E-state index is 12.6. The molecule has 0 unspecified atom stereocenters. The molecule has 0 aliphatic carbocycles. The van der Waals surface area contributed by atoms with Crippen LogP contribution in [0.25, 0.3) is 0 Å². The molecule has 0 spiro atoms. The molecule has 0 radical (unpaired) electrons. The van der Waals surface area contributed by atoms with Gasteiger partial charge in [-0.3, -0.25) is 0 Å². The molecule has 3 nitrogen and oxygen atoms in total. The molecule has 4 N–H and O–H groups in total. The van der Waals surface area contributed by atoms with Crippen molar-refractivity contribution in [3.8, 4) is 11.5 Å². The number of halogens is 3. The predicted octanol–water partition coefficient (Wildman–Crippen LogP) is 3.66. The van der Waals surface area contributed by atoms with Gasteiger partial charge in [-0.15, -0.1) is 0 Å². The standard InChI is InChI=1S/C13H11F3N2O/c14-13(15,16)8-4-10(18)7-12(5-8)19-11-3-1-2-9(17)6-11/h1-7H,17-18H2. The summed E-state index contributed by atoms with van der Waals surface area (Å²) in [6.07, 6.45) is -4.47. The van der Waals surface area contributed by atoms with Crippen LogP contribution in [0.1, 0.15) is 5.56 Å². The Bertz CT molecular complexity index is 597. The molecule has 0 amide bonds. The molecule has 2 aromatic rings. The summed E-state index contributed by atoms with van der Waals surface area (Å²) in [5.74, 6) is 0.358. The van der Waals surface area contributed by atoms with E-state index in [4.69, 9.17) is 16.2 Å². The second-order valence-corrected chi connectivity index (χ2v) is 3.96. The molecule has 0 saturated heterocycles. The van der Waals surface area contributed by atoms with E-state index < -0.39 is 11.7 Å². The highest BCUT2D eigenvalue weighted by Gasteiger charge is 2.31. The summed E-state index contributed by atoms with van der Waals surface area (Å²) in [6.45, 7) is 0. The van der Waals surface area contributed by atoms with Gasteiger partial charge in [0.05, 0.1) is 5.56 Å². The third-order valence-corrected chi connectivity index (χ3v) is 2.35. The van der Waals surface area contributed by atoms with Gasteiger partial charge in [0.15, 0.2) is 0 Å². The molecule has 0 atom stereocenters. The molecule has 6 heteroatoms. The molecule has 2 rings (SSSR count). The highest BCUT2D eigenvalue weighted by Crippen LogP contribution is 2.34. The van der Waals surface area contributed by atoms with Gasteiger partial charge in [-0.1, -0.05) is 6.07 Å². The Hall–Kier alpha value is -2.37. The molecule has 0 aliphatic rings. The topological polar surface area (TPSA) is 61.3 Å². The highest BCUT2D eigenvalue weighted by atomic mass is 19.4. The van der Waals surface area contributed by atoms with Crippen molar-refractivity contribution in [3.05, 3.63) is 48.0 Å². The number of hydrogen-bond acceptors (Lipinski definition) is 3. The molecule has 19 heavy (non-hydrogen) atoms. The lowest BCUT2D eigenvalue weighted by molar-refractivity contribution is -0.137. The smallest absolute Gasteiger partial charge is 0.416 e. The van der Waals surface area contributed by atoms with Gasteiger partial charge in [0.2, 0.25) is 0 Å². The summed E-state index contributed by atoms with van der Waals surface area (Å²) in [7, 11) is 0. The number of alkyl halides is 3. The lowest BCUT2D eigenvalue weighted by atomic mass is 10.2. The minimum Gasteiger partial charge on any atom is -0.457 e. The summed E-state index contributed by atoms with van der Waals surface area (Å²) in [5, 5.41) is 0. The van der Waals surface area contributed by atoms with Gasteiger partial charge >= 0.3 is 6.18 Å². The first-order valence-electron chi connectivity index (χ1n) is 5.36. The Balaban J connectivity index is 2.33. The second-order valence-electron chi connectivity index (χ2n) is 3.96. The van der Waals surface area contributed by atoms with Crippen LogP contribution in [0.2, 0.25) is 0 Å². The van der Waals surface area contributed by atoms with Gasteiger partial charge < -0.3 is 16.2 Å². The fourth-order valence-corrected chi connectivity index (χ4v) is 1.56. The Labute approximate surface area is 107 Å². The monoisotopic (exact) mass is 268 g/mol. The van der Waals surface area contributed by atoms with Crippen molar-refractivity contribution < 1.29 is 17.9 Å². The zero-order valence-corrected chi connectivity index (χ0v) is 9.74. The first kappa shape index (κ1) is 13.1. The molecule has 100 valence electrons. The largest absolute Gasteiger partial charge is 0.457 e. The number of hydrogen-bond donors (Lipinski definition) is 2. The van der Waals surface area contributed by atoms with Crippen molar-refractivity contribution in [1.82, 2.24) is 0 Å². The van der Waals surface area contributed by atoms with Crippen molar-refractivity contribution in [3.63, 3.8) is 0 Å². The van der Waals surface area contributed by atoms with E-state index in [2.05, 4.69) is 0 Å². The molecular weight excluding hydrogens is 257 g/mol. The first-order valence-corrected chi connectivity index (χ1v) is 5.36. The fraction of sp³-hybridized carbons (Fsp3) is 0.0769. The van der Waals surface area contributed by atoms with Crippen molar-refractivity contribution >= 4 is 11.4 Å². The molecule has 2 aromatic carbocycles. The normalized spacial score (nSPS) is 11.3. The van der Waals surface area contributed by atoms with E-state index in [-0.39, 0.29) is 11.4 Å². The minimum atomic E-state index is -4.47. The number of rotatable bonds is 2. The molecule has 0 aromatic heterocycles. The lowest BCUT2D eigenvalue weighted by Gasteiger charge is -2.11. The summed E-state index contributed by atoms with van der Waals surface area (Å²) < 4.78 is 43.2. The van der Waals surface area contributed by atoms with Crippen LogP contribution in [0.4, 0.5) is 24.5 Å². The maximum Gasteiger partial charge on any atom is 0.416 e. The summed E-state index contributed by atoms with van der Waals surface area (Å²) >= 11 is 0. The Morgan fingerprint density at radius 1 is 0.842 bits per heavy atom. The summed E-state index contributed by atoms with van der Waals surface area (Å²) in [6, 6.07) is 9.45. The highest BCUT2D eigenvalue weighted by molar-refractivity contribution is 5.51. The van der Waals surface area contributed by atoms with Gasteiger partial charge in [-0.25, -0.2) is 0 Å². The van der Waals surface area contributed by atoms with Crippen LogP contribution >= 0.6 is 0 Å². The van der Waals surface area contributed by atoms with Crippen molar-refractivity contribution in [2.75, 3.05) is 11.5 Å². The van der Waals surface area contributed by atoms with Crippen molar-refractivity contribution in [2.45, 2.75) is 6.18 Å². The second kappa shape index (κ2) is 4.72. The van der Waals surface area contributed by atoms with Crippen LogP contribution in [0, 0.1) is 0 Å². The van der Waals surface area contributed by atoms with Crippen molar-refractivity contribution in [1.29, 1.82) is 0 Å². The van der Waals surface area contributed by atoms with Gasteiger partial charge in [0.25, 0.3) is 0 Å². The minimum absolute atomic E-state index is 0.0120. The van der Waals surface area contributed by atoms with E-state index in [1.54, 1.807) is 18.2 Å². The Morgan fingerprint density at radius 3 is 2.16 bits per heavy atom. The third kappa shape index (κ3) is 3.31. The SMILES string of the molecule is Nc1cccc(Oc2cc(N)cc(C(F)(F)F)c2)c1. The van der Waals surface area contributed by atoms with Gasteiger partial charge in [0, 0.05) is 23.5 Å². The third-order valence-electron chi connectivity index (χ3n) is 2.35. The summed E-state index contributed by atoms with van der Waals surface area (Å²) in [4.78, 5) is 0. The first-order chi connectivity index (χ1) is 8.84. The number of nitrogen functional groups attached to an aromatic ring is 2. The number of anilines is 2. The molecular formula is C13H11F3N2O. The van der Waals surface area contributed by atoms with E-state index in [9.17, 15) is 13.2 Å². The van der Waals surface area contributed by atoms with Crippen LogP contribution in [0.3, 0.4) is 0 Å². The van der Waals surface area contributed by atoms with Crippen LogP contribution in [0.15, 0.2) is 42.5 Å². The Morgan fingerprint density at radius 2 is 1.53 bits per heavy atom. The number of benzene rings is 2. The van der Waals surface area contributed by atoms with Gasteiger partial charge in [0.1, 0.15) is 11.5 Å². The van der Waals surface area contributed by atoms with Crippen LogP contribution in [-0.2, 0) is 6.18 Å². The molecule has 0 aliphatic heterocycles. The van der Waals surface area contributed by atoms with E-state index >= 15 is 0 Å². The van der Waals surface area contributed by atoms with Crippen LogP contribution in [0.5, 0.6) is 11.5 Å². The molecule has 0 heterocycles. The number of nitrogens with two attached hydrogens (primary N) is 2. The summed E-state index contributed by atoms with van der Waals surface area (Å²) in [5.41, 5.74) is 10.6. The fourth-order valence-electron chi connectivity index (χ4n) is 1.56. The Kier molecular flexibility index (Phi) is 3.25.